The van der Waals surface area contributed by atoms with E-state index in [0.29, 0.717) is 6.42 Å². The Balaban J connectivity index is 2.72. The molecule has 0 aromatic carbocycles. The van der Waals surface area contributed by atoms with Crippen LogP contribution in [0.5, 0.6) is 5.75 Å². The van der Waals surface area contributed by atoms with Crippen molar-refractivity contribution in [3.63, 3.8) is 0 Å². The van der Waals surface area contributed by atoms with Crippen molar-refractivity contribution in [1.82, 2.24) is 0 Å². The molecule has 0 amide bonds. The topological polar surface area (TPSA) is 70.3 Å². The Morgan fingerprint density at radius 2 is 2.13 bits per heavy atom. The Morgan fingerprint density at radius 1 is 1.47 bits per heavy atom. The summed E-state index contributed by atoms with van der Waals surface area (Å²) in [7, 11) is 0. The van der Waals surface area contributed by atoms with Gasteiger partial charge in [-0.3, -0.25) is 4.79 Å². The molecule has 0 aliphatic carbocycles. The predicted octanol–water partition coefficient (Wildman–Crippen LogP) is 0.871. The summed E-state index contributed by atoms with van der Waals surface area (Å²) < 4.78 is 4.73. The van der Waals surface area contributed by atoms with E-state index in [4.69, 9.17) is 4.42 Å². The molecule has 4 nitrogen and oxygen atoms in total. The van der Waals surface area contributed by atoms with Crippen LogP contribution in [0.15, 0.2) is 21.3 Å². The molecular formula is C11H13O4-. The van der Waals surface area contributed by atoms with E-state index in [-0.39, 0.29) is 23.9 Å². The monoisotopic (exact) mass is 209 g/mol. The first-order valence-electron chi connectivity index (χ1n) is 4.80. The van der Waals surface area contributed by atoms with Crippen molar-refractivity contribution >= 4 is 5.78 Å². The van der Waals surface area contributed by atoms with Gasteiger partial charge in [0.25, 0.3) is 0 Å². The van der Waals surface area contributed by atoms with Gasteiger partial charge in [-0.1, -0.05) is 19.6 Å². The maximum Gasteiger partial charge on any atom is 0.335 e. The van der Waals surface area contributed by atoms with Crippen LogP contribution in [-0.4, -0.2) is 5.78 Å². The van der Waals surface area contributed by atoms with E-state index in [0.717, 1.165) is 6.07 Å². The molecule has 0 fully saturated rings. The highest BCUT2D eigenvalue weighted by Crippen LogP contribution is 2.08. The minimum atomic E-state index is -0.699. The van der Waals surface area contributed by atoms with E-state index in [9.17, 15) is 14.7 Å². The fraction of sp³-hybridized carbons (Fsp3) is 0.455. The number of carbonyl (C=O) groups is 1. The van der Waals surface area contributed by atoms with Gasteiger partial charge < -0.3 is 9.52 Å². The zero-order valence-electron chi connectivity index (χ0n) is 8.78. The van der Waals surface area contributed by atoms with Gasteiger partial charge in [-0.25, -0.2) is 4.79 Å². The summed E-state index contributed by atoms with van der Waals surface area (Å²) in [6.07, 6.45) is 0.441. The molecule has 0 N–H and O–H groups in total. The molecule has 0 atom stereocenters. The van der Waals surface area contributed by atoms with Crippen molar-refractivity contribution < 1.29 is 14.3 Å². The highest BCUT2D eigenvalue weighted by molar-refractivity contribution is 5.80. The average Bonchev–Trinajstić information content (AvgIpc) is 1.98. The summed E-state index contributed by atoms with van der Waals surface area (Å²) in [6, 6.07) is 2.04. The Labute approximate surface area is 87.5 Å². The maximum atomic E-state index is 11.4. The van der Waals surface area contributed by atoms with Crippen molar-refractivity contribution in [3.8, 4) is 5.75 Å². The standard InChI is InChI=1S/C11H14O4/c1-7(2)3-8(12)4-10-5-9(13)6-11(14)15-10/h5-7,13H,3-4H2,1-2H3/p-1. The zero-order chi connectivity index (χ0) is 11.4. The first kappa shape index (κ1) is 11.5. The minimum Gasteiger partial charge on any atom is -0.872 e. The van der Waals surface area contributed by atoms with Crippen LogP contribution in [0, 0.1) is 5.92 Å². The fourth-order valence-electron chi connectivity index (χ4n) is 1.31. The van der Waals surface area contributed by atoms with E-state index >= 15 is 0 Å². The molecule has 0 radical (unpaired) electrons. The van der Waals surface area contributed by atoms with Crippen LogP contribution in [0.3, 0.4) is 0 Å². The summed E-state index contributed by atoms with van der Waals surface area (Å²) in [5.74, 6) is -0.0323. The third kappa shape index (κ3) is 3.97. The number of hydrogen-bond donors (Lipinski definition) is 0. The molecule has 1 aromatic rings. The third-order valence-corrected chi connectivity index (χ3v) is 1.80. The molecule has 15 heavy (non-hydrogen) atoms. The zero-order valence-corrected chi connectivity index (χ0v) is 8.78. The SMILES string of the molecule is CC(C)CC(=O)Cc1cc([O-])cc(=O)o1. The largest absolute Gasteiger partial charge is 0.872 e. The van der Waals surface area contributed by atoms with Crippen LogP contribution in [0.2, 0.25) is 0 Å². The summed E-state index contributed by atoms with van der Waals surface area (Å²) in [6.45, 7) is 3.86. The highest BCUT2D eigenvalue weighted by atomic mass is 16.4. The van der Waals surface area contributed by atoms with Crippen molar-refractivity contribution in [2.45, 2.75) is 26.7 Å². The minimum absolute atomic E-state index is 0.0174. The lowest BCUT2D eigenvalue weighted by Gasteiger charge is -2.06. The van der Waals surface area contributed by atoms with Gasteiger partial charge in [-0.05, 0) is 12.0 Å². The average molecular weight is 209 g/mol. The maximum absolute atomic E-state index is 11.4. The third-order valence-electron chi connectivity index (χ3n) is 1.80. The van der Waals surface area contributed by atoms with Crippen LogP contribution in [0.4, 0.5) is 0 Å². The van der Waals surface area contributed by atoms with Crippen LogP contribution in [-0.2, 0) is 11.2 Å². The number of carbonyl (C=O) groups excluding carboxylic acids is 1. The lowest BCUT2D eigenvalue weighted by atomic mass is 10.0. The van der Waals surface area contributed by atoms with Crippen molar-refractivity contribution in [1.29, 1.82) is 0 Å². The summed E-state index contributed by atoms with van der Waals surface area (Å²) in [5.41, 5.74) is -0.699. The number of Topliss-reactive ketones (excluding diaryl/α,β-unsaturated/α-hetero) is 1. The number of ketones is 1. The van der Waals surface area contributed by atoms with Crippen molar-refractivity contribution in [2.24, 2.45) is 5.92 Å². The number of rotatable bonds is 4. The summed E-state index contributed by atoms with van der Waals surface area (Å²) in [5, 5.41) is 10.9. The lowest BCUT2D eigenvalue weighted by molar-refractivity contribution is -0.268. The van der Waals surface area contributed by atoms with Gasteiger partial charge in [0.1, 0.15) is 11.5 Å². The molecule has 0 saturated carbocycles. The van der Waals surface area contributed by atoms with Gasteiger partial charge >= 0.3 is 5.63 Å². The van der Waals surface area contributed by atoms with E-state index < -0.39 is 11.4 Å². The van der Waals surface area contributed by atoms with Crippen molar-refractivity contribution in [2.75, 3.05) is 0 Å². The first-order chi connectivity index (χ1) is 6.97. The Morgan fingerprint density at radius 3 is 2.67 bits per heavy atom. The quantitative estimate of drug-likeness (QED) is 0.737. The summed E-state index contributed by atoms with van der Waals surface area (Å²) >= 11 is 0. The predicted molar refractivity (Wildman–Crippen MR) is 52.6 cm³/mol. The van der Waals surface area contributed by atoms with Gasteiger partial charge in [-0.15, -0.1) is 0 Å². The van der Waals surface area contributed by atoms with Gasteiger partial charge in [-0.2, -0.15) is 0 Å². The molecule has 82 valence electrons. The molecular weight excluding hydrogens is 196 g/mol. The van der Waals surface area contributed by atoms with Gasteiger partial charge in [0.15, 0.2) is 0 Å². The second-order valence-electron chi connectivity index (χ2n) is 3.89. The molecule has 0 unspecified atom stereocenters. The number of hydrogen-bond acceptors (Lipinski definition) is 4. The van der Waals surface area contributed by atoms with E-state index in [2.05, 4.69) is 0 Å². The second kappa shape index (κ2) is 4.77. The molecule has 0 bridgehead atoms. The molecule has 0 saturated heterocycles. The Bertz CT molecular complexity index is 403. The van der Waals surface area contributed by atoms with Crippen LogP contribution in [0.25, 0.3) is 0 Å². The highest BCUT2D eigenvalue weighted by Gasteiger charge is 2.08. The molecule has 0 aliphatic heterocycles. The lowest BCUT2D eigenvalue weighted by Crippen LogP contribution is -2.10. The van der Waals surface area contributed by atoms with Gasteiger partial charge in [0.2, 0.25) is 0 Å². The van der Waals surface area contributed by atoms with E-state index in [1.165, 1.54) is 6.07 Å². The smallest absolute Gasteiger partial charge is 0.335 e. The van der Waals surface area contributed by atoms with E-state index in [1.807, 2.05) is 13.8 Å². The van der Waals surface area contributed by atoms with Crippen LogP contribution in [0.1, 0.15) is 26.0 Å². The molecule has 0 aliphatic rings. The normalized spacial score (nSPS) is 10.6. The van der Waals surface area contributed by atoms with Crippen LogP contribution < -0.4 is 10.7 Å². The van der Waals surface area contributed by atoms with Gasteiger partial charge in [0, 0.05) is 12.5 Å². The molecule has 1 aromatic heterocycles. The van der Waals surface area contributed by atoms with Crippen molar-refractivity contribution in [3.05, 3.63) is 28.3 Å². The second-order valence-corrected chi connectivity index (χ2v) is 3.89. The Kier molecular flexibility index (Phi) is 3.66. The first-order valence-corrected chi connectivity index (χ1v) is 4.80. The van der Waals surface area contributed by atoms with Gasteiger partial charge in [0.05, 0.1) is 6.42 Å². The Hall–Kier alpha value is -1.58. The molecule has 0 spiro atoms. The summed E-state index contributed by atoms with van der Waals surface area (Å²) in [4.78, 5) is 22.2. The molecule has 1 heterocycles. The fourth-order valence-corrected chi connectivity index (χ4v) is 1.31. The molecule has 4 heteroatoms. The van der Waals surface area contributed by atoms with E-state index in [1.54, 1.807) is 0 Å². The molecule has 1 rings (SSSR count). The van der Waals surface area contributed by atoms with Crippen LogP contribution >= 0.6 is 0 Å².